The summed E-state index contributed by atoms with van der Waals surface area (Å²) in [6, 6.07) is 0. The first-order chi connectivity index (χ1) is 10.5. The molecule has 1 fully saturated rings. The molecule has 1 aliphatic heterocycles. The minimum atomic E-state index is 1.05. The predicted octanol–water partition coefficient (Wildman–Crippen LogP) is 6.18. The number of hydrogen-bond acceptors (Lipinski definition) is 1. The van der Waals surface area contributed by atoms with Crippen LogP contribution in [0.3, 0.4) is 0 Å². The molecule has 0 spiro atoms. The highest BCUT2D eigenvalue weighted by molar-refractivity contribution is 5.41. The first-order valence-electron chi connectivity index (χ1n) is 8.52. The summed E-state index contributed by atoms with van der Waals surface area (Å²) < 4.78 is 0. The van der Waals surface area contributed by atoms with E-state index in [4.69, 9.17) is 0 Å². The topological polar surface area (TPSA) is 3.24 Å². The van der Waals surface area contributed by atoms with E-state index in [1.54, 1.807) is 0 Å². The van der Waals surface area contributed by atoms with Crippen LogP contribution in [0.4, 0.5) is 0 Å². The lowest BCUT2D eigenvalue weighted by molar-refractivity contribution is 0.427. The maximum atomic E-state index is 4.30. The Hall–Kier alpha value is -1.50. The maximum Gasteiger partial charge on any atom is 0.0175 e. The van der Waals surface area contributed by atoms with Gasteiger partial charge in [0.25, 0.3) is 0 Å². The highest BCUT2D eigenvalue weighted by Gasteiger charge is 2.12. The molecule has 1 heterocycles. The Morgan fingerprint density at radius 2 is 1.68 bits per heavy atom. The number of likely N-dealkylation sites (tertiary alicyclic amines) is 1. The first kappa shape index (κ1) is 18.5. The minimum absolute atomic E-state index is 1.05. The van der Waals surface area contributed by atoms with Crippen molar-refractivity contribution in [3.05, 3.63) is 59.4 Å². The second kappa shape index (κ2) is 9.50. The fourth-order valence-corrected chi connectivity index (χ4v) is 2.74. The molecule has 1 aliphatic rings. The minimum Gasteiger partial charge on any atom is -0.375 e. The molecule has 1 nitrogen and oxygen atoms in total. The van der Waals surface area contributed by atoms with Crippen LogP contribution < -0.4 is 0 Å². The van der Waals surface area contributed by atoms with Crippen molar-refractivity contribution in [2.45, 2.75) is 59.8 Å². The van der Waals surface area contributed by atoms with E-state index in [1.807, 2.05) is 6.08 Å². The van der Waals surface area contributed by atoms with Crippen LogP contribution in [0.15, 0.2) is 59.4 Å². The fourth-order valence-electron chi connectivity index (χ4n) is 2.74. The smallest absolute Gasteiger partial charge is 0.0175 e. The molecular formula is C21H33N. The second-order valence-corrected chi connectivity index (χ2v) is 6.58. The summed E-state index contributed by atoms with van der Waals surface area (Å²) in [4.78, 5) is 2.47. The number of nitrogens with zero attached hydrogens (tertiary/aromatic N) is 1. The Labute approximate surface area is 137 Å². The van der Waals surface area contributed by atoms with Gasteiger partial charge in [0.05, 0.1) is 0 Å². The monoisotopic (exact) mass is 299 g/mol. The zero-order valence-corrected chi connectivity index (χ0v) is 15.0. The van der Waals surface area contributed by atoms with E-state index in [-0.39, 0.29) is 0 Å². The Morgan fingerprint density at radius 3 is 2.23 bits per heavy atom. The molecule has 0 bridgehead atoms. The summed E-state index contributed by atoms with van der Waals surface area (Å²) in [6.45, 7) is 19.4. The molecule has 0 aromatic rings. The Balaban J connectivity index is 2.64. The summed E-state index contributed by atoms with van der Waals surface area (Å²) in [6.07, 6.45) is 12.3. The molecule has 0 aromatic carbocycles. The maximum absolute atomic E-state index is 4.30. The van der Waals surface area contributed by atoms with E-state index in [2.05, 4.69) is 57.9 Å². The van der Waals surface area contributed by atoms with Gasteiger partial charge in [0.2, 0.25) is 0 Å². The molecule has 0 unspecified atom stereocenters. The van der Waals surface area contributed by atoms with E-state index in [1.165, 1.54) is 60.3 Å². The van der Waals surface area contributed by atoms with Gasteiger partial charge in [-0.25, -0.2) is 0 Å². The number of allylic oxidation sites excluding steroid dienone is 8. The standard InChI is InChI=1S/C21H33N/c1-7-11-21(16-20(6)22-14-8-9-15-22)19(5)13-10-12-18(4)17(2)3/h7,11,16H,1,5,8-10,12-15H2,2-4,6H3/b20-16+,21-11+. The third-order valence-electron chi connectivity index (χ3n) is 4.56. The Kier molecular flexibility index (Phi) is 8.01. The lowest BCUT2D eigenvalue weighted by Crippen LogP contribution is -2.16. The third kappa shape index (κ3) is 6.09. The third-order valence-corrected chi connectivity index (χ3v) is 4.56. The van der Waals surface area contributed by atoms with Crippen LogP contribution >= 0.6 is 0 Å². The van der Waals surface area contributed by atoms with Crippen molar-refractivity contribution in [2.75, 3.05) is 13.1 Å². The number of rotatable bonds is 8. The molecule has 122 valence electrons. The Bertz CT molecular complexity index is 478. The van der Waals surface area contributed by atoms with Gasteiger partial charge in [-0.05, 0) is 77.0 Å². The van der Waals surface area contributed by atoms with Gasteiger partial charge in [-0.3, -0.25) is 0 Å². The molecule has 0 radical (unpaired) electrons. The lowest BCUT2D eigenvalue weighted by atomic mass is 9.98. The van der Waals surface area contributed by atoms with Crippen LogP contribution in [-0.4, -0.2) is 18.0 Å². The van der Waals surface area contributed by atoms with Crippen molar-refractivity contribution in [3.63, 3.8) is 0 Å². The van der Waals surface area contributed by atoms with E-state index in [0.29, 0.717) is 0 Å². The number of hydrogen-bond donors (Lipinski definition) is 0. The zero-order valence-electron chi connectivity index (χ0n) is 15.0. The molecule has 1 saturated heterocycles. The Morgan fingerprint density at radius 1 is 1.05 bits per heavy atom. The molecule has 1 heteroatoms. The van der Waals surface area contributed by atoms with Gasteiger partial charge >= 0.3 is 0 Å². The van der Waals surface area contributed by atoms with Crippen LogP contribution in [0.2, 0.25) is 0 Å². The predicted molar refractivity (Wildman–Crippen MR) is 99.9 cm³/mol. The molecular weight excluding hydrogens is 266 g/mol. The van der Waals surface area contributed by atoms with Gasteiger partial charge in [0.1, 0.15) is 0 Å². The molecule has 0 atom stereocenters. The summed E-state index contributed by atoms with van der Waals surface area (Å²) >= 11 is 0. The summed E-state index contributed by atoms with van der Waals surface area (Å²) in [5.41, 5.74) is 6.75. The molecule has 1 rings (SSSR count). The SMILES string of the molecule is C=C/C=C(\C=C(/C)N1CCCC1)C(=C)CCCC(C)=C(C)C. The van der Waals surface area contributed by atoms with Crippen LogP contribution in [0, 0.1) is 0 Å². The molecule has 22 heavy (non-hydrogen) atoms. The van der Waals surface area contributed by atoms with E-state index >= 15 is 0 Å². The van der Waals surface area contributed by atoms with Gasteiger partial charge in [0.15, 0.2) is 0 Å². The largest absolute Gasteiger partial charge is 0.375 e. The normalized spacial score (nSPS) is 15.9. The van der Waals surface area contributed by atoms with Crippen LogP contribution in [0.5, 0.6) is 0 Å². The molecule has 0 saturated carbocycles. The summed E-state index contributed by atoms with van der Waals surface area (Å²) in [5.74, 6) is 0. The first-order valence-corrected chi connectivity index (χ1v) is 8.52. The van der Waals surface area contributed by atoms with Crippen molar-refractivity contribution in [3.8, 4) is 0 Å². The lowest BCUT2D eigenvalue weighted by Gasteiger charge is -2.19. The molecule has 0 N–H and O–H groups in total. The highest BCUT2D eigenvalue weighted by Crippen LogP contribution is 2.23. The van der Waals surface area contributed by atoms with Crippen molar-refractivity contribution in [1.29, 1.82) is 0 Å². The second-order valence-electron chi connectivity index (χ2n) is 6.58. The van der Waals surface area contributed by atoms with Crippen molar-refractivity contribution >= 4 is 0 Å². The van der Waals surface area contributed by atoms with Gasteiger partial charge in [-0.15, -0.1) is 0 Å². The summed E-state index contributed by atoms with van der Waals surface area (Å²) in [5, 5.41) is 0. The average molecular weight is 300 g/mol. The van der Waals surface area contributed by atoms with E-state index in [0.717, 1.165) is 12.8 Å². The van der Waals surface area contributed by atoms with Crippen LogP contribution in [0.25, 0.3) is 0 Å². The van der Waals surface area contributed by atoms with Gasteiger partial charge in [-0.2, -0.15) is 0 Å². The zero-order chi connectivity index (χ0) is 16.5. The van der Waals surface area contributed by atoms with Crippen molar-refractivity contribution in [2.24, 2.45) is 0 Å². The average Bonchev–Trinajstić information content (AvgIpc) is 3.00. The highest BCUT2D eigenvalue weighted by atomic mass is 15.1. The quantitative estimate of drug-likeness (QED) is 0.382. The molecule has 0 amide bonds. The van der Waals surface area contributed by atoms with Gasteiger partial charge in [-0.1, -0.05) is 36.5 Å². The van der Waals surface area contributed by atoms with Gasteiger partial charge < -0.3 is 4.90 Å². The van der Waals surface area contributed by atoms with Gasteiger partial charge in [0, 0.05) is 18.8 Å². The molecule has 0 aromatic heterocycles. The summed E-state index contributed by atoms with van der Waals surface area (Å²) in [7, 11) is 0. The van der Waals surface area contributed by atoms with Crippen molar-refractivity contribution < 1.29 is 0 Å². The fraction of sp³-hybridized carbons (Fsp3) is 0.524. The molecule has 0 aliphatic carbocycles. The van der Waals surface area contributed by atoms with Crippen molar-refractivity contribution in [1.82, 2.24) is 4.90 Å². The van der Waals surface area contributed by atoms with Crippen LogP contribution in [-0.2, 0) is 0 Å². The van der Waals surface area contributed by atoms with Crippen LogP contribution in [0.1, 0.15) is 59.8 Å². The van der Waals surface area contributed by atoms with E-state index in [9.17, 15) is 0 Å². The van der Waals surface area contributed by atoms with E-state index < -0.39 is 0 Å².